The van der Waals surface area contributed by atoms with Gasteiger partial charge in [0.05, 0.1) is 5.69 Å². The Morgan fingerprint density at radius 2 is 1.55 bits per heavy atom. The molecular weight excluding hydrogens is 290 g/mol. The molecule has 3 saturated heterocycles. The van der Waals surface area contributed by atoms with Crippen LogP contribution >= 0.6 is 0 Å². The summed E-state index contributed by atoms with van der Waals surface area (Å²) in [4.78, 5) is 0. The van der Waals surface area contributed by atoms with Gasteiger partial charge in [0.2, 0.25) is 0 Å². The molecule has 22 heavy (non-hydrogen) atoms. The van der Waals surface area contributed by atoms with Crippen molar-refractivity contribution in [2.75, 3.05) is 0 Å². The van der Waals surface area contributed by atoms with Crippen molar-refractivity contribution in [1.29, 1.82) is 0 Å². The summed E-state index contributed by atoms with van der Waals surface area (Å²) in [5.41, 5.74) is 0.791. The lowest BCUT2D eigenvalue weighted by atomic mass is 9.97. The zero-order valence-corrected chi connectivity index (χ0v) is 13.4. The summed E-state index contributed by atoms with van der Waals surface area (Å²) < 4.78 is 35.3. The van der Waals surface area contributed by atoms with Gasteiger partial charge in [-0.15, -0.1) is 0 Å². The van der Waals surface area contributed by atoms with Gasteiger partial charge in [-0.2, -0.15) is 0 Å². The number of hydrogen-bond acceptors (Lipinski definition) is 7. The molecular formula is C15H21NO6. The normalized spacial score (nSPS) is 42.1. The van der Waals surface area contributed by atoms with Crippen molar-refractivity contribution in [1.82, 2.24) is 5.16 Å². The maximum absolute atomic E-state index is 6.07. The summed E-state index contributed by atoms with van der Waals surface area (Å²) >= 11 is 0. The van der Waals surface area contributed by atoms with Crippen LogP contribution in [0.25, 0.3) is 0 Å². The molecule has 7 nitrogen and oxygen atoms in total. The number of aromatic nitrogens is 1. The highest BCUT2D eigenvalue weighted by Gasteiger charge is 2.61. The minimum absolute atomic E-state index is 0.286. The van der Waals surface area contributed by atoms with E-state index in [1.54, 1.807) is 0 Å². The van der Waals surface area contributed by atoms with E-state index in [0.29, 0.717) is 5.76 Å². The van der Waals surface area contributed by atoms with Crippen LogP contribution in [-0.2, 0) is 23.7 Å². The van der Waals surface area contributed by atoms with Gasteiger partial charge < -0.3 is 28.2 Å². The molecule has 3 aliphatic rings. The zero-order valence-electron chi connectivity index (χ0n) is 13.4. The third-order valence-corrected chi connectivity index (χ3v) is 4.08. The van der Waals surface area contributed by atoms with E-state index in [1.165, 1.54) is 0 Å². The van der Waals surface area contributed by atoms with Crippen LogP contribution in [0, 0.1) is 6.92 Å². The number of fused-ring (bicyclic) bond motifs is 3. The lowest BCUT2D eigenvalue weighted by molar-refractivity contribution is -0.240. The van der Waals surface area contributed by atoms with E-state index in [1.807, 2.05) is 40.7 Å². The molecule has 0 spiro atoms. The average molecular weight is 311 g/mol. The van der Waals surface area contributed by atoms with Gasteiger partial charge in [0.25, 0.3) is 0 Å². The Morgan fingerprint density at radius 3 is 2.23 bits per heavy atom. The van der Waals surface area contributed by atoms with Crippen LogP contribution in [0.15, 0.2) is 10.6 Å². The van der Waals surface area contributed by atoms with E-state index in [-0.39, 0.29) is 18.3 Å². The van der Waals surface area contributed by atoms with Gasteiger partial charge >= 0.3 is 0 Å². The van der Waals surface area contributed by atoms with E-state index in [0.717, 1.165) is 5.69 Å². The maximum Gasteiger partial charge on any atom is 0.190 e. The predicted octanol–water partition coefficient (Wildman–Crippen LogP) is 2.05. The maximum atomic E-state index is 6.07. The second-order valence-electron chi connectivity index (χ2n) is 6.96. The summed E-state index contributed by atoms with van der Waals surface area (Å²) in [7, 11) is 0. The van der Waals surface area contributed by atoms with Crippen LogP contribution in [0.3, 0.4) is 0 Å². The number of ether oxygens (including phenoxy) is 5. The monoisotopic (exact) mass is 311 g/mol. The molecule has 3 aliphatic heterocycles. The topological polar surface area (TPSA) is 72.2 Å². The van der Waals surface area contributed by atoms with Gasteiger partial charge in [-0.05, 0) is 34.6 Å². The molecule has 4 heterocycles. The number of rotatable bonds is 1. The van der Waals surface area contributed by atoms with Crippen molar-refractivity contribution in [2.24, 2.45) is 0 Å². The highest BCUT2D eigenvalue weighted by molar-refractivity contribution is 5.12. The molecule has 0 saturated carbocycles. The second kappa shape index (κ2) is 4.52. The fourth-order valence-corrected chi connectivity index (χ4v) is 3.36. The smallest absolute Gasteiger partial charge is 0.190 e. The average Bonchev–Trinajstić information content (AvgIpc) is 3.02. The fraction of sp³-hybridized carbons (Fsp3) is 0.800. The summed E-state index contributed by atoms with van der Waals surface area (Å²) in [6.07, 6.45) is -1.91. The SMILES string of the molecule is Cc1cc([C@H]2O[C@@H]3OC(C)(C)O[C@@H]3[C@H]3OC(C)(C)O[C@H]32)on1. The summed E-state index contributed by atoms with van der Waals surface area (Å²) in [6, 6.07) is 1.84. The van der Waals surface area contributed by atoms with Gasteiger partial charge in [-0.1, -0.05) is 5.16 Å². The molecule has 0 radical (unpaired) electrons. The van der Waals surface area contributed by atoms with Crippen molar-refractivity contribution >= 4 is 0 Å². The largest absolute Gasteiger partial charge is 0.358 e. The quantitative estimate of drug-likeness (QED) is 0.786. The van der Waals surface area contributed by atoms with E-state index in [2.05, 4.69) is 5.16 Å². The van der Waals surface area contributed by atoms with Crippen molar-refractivity contribution in [3.05, 3.63) is 17.5 Å². The minimum Gasteiger partial charge on any atom is -0.358 e. The molecule has 122 valence electrons. The van der Waals surface area contributed by atoms with Crippen LogP contribution < -0.4 is 0 Å². The van der Waals surface area contributed by atoms with E-state index in [4.69, 9.17) is 28.2 Å². The van der Waals surface area contributed by atoms with E-state index in [9.17, 15) is 0 Å². The van der Waals surface area contributed by atoms with Crippen molar-refractivity contribution in [2.45, 2.75) is 76.9 Å². The summed E-state index contributed by atoms with van der Waals surface area (Å²) in [6.45, 7) is 9.34. The molecule has 4 rings (SSSR count). The molecule has 0 unspecified atom stereocenters. The molecule has 0 bridgehead atoms. The highest BCUT2D eigenvalue weighted by atomic mass is 16.9. The predicted molar refractivity (Wildman–Crippen MR) is 72.7 cm³/mol. The van der Waals surface area contributed by atoms with Crippen LogP contribution in [0.1, 0.15) is 45.3 Å². The summed E-state index contributed by atoms with van der Waals surface area (Å²) in [5.74, 6) is -0.820. The molecule has 0 aliphatic carbocycles. The van der Waals surface area contributed by atoms with Crippen molar-refractivity contribution in [3.63, 3.8) is 0 Å². The summed E-state index contributed by atoms with van der Waals surface area (Å²) in [5, 5.41) is 3.93. The van der Waals surface area contributed by atoms with Crippen LogP contribution in [-0.4, -0.2) is 41.3 Å². The Labute approximate surface area is 128 Å². The van der Waals surface area contributed by atoms with Gasteiger partial charge in [-0.25, -0.2) is 0 Å². The molecule has 7 heteroatoms. The zero-order chi connectivity index (χ0) is 15.7. The Balaban J connectivity index is 1.69. The molecule has 5 atom stereocenters. The lowest BCUT2D eigenvalue weighted by Gasteiger charge is -2.35. The molecule has 1 aromatic rings. The van der Waals surface area contributed by atoms with E-state index < -0.39 is 24.0 Å². The van der Waals surface area contributed by atoms with Crippen LogP contribution in [0.5, 0.6) is 0 Å². The first-order chi connectivity index (χ1) is 10.2. The first-order valence-corrected chi connectivity index (χ1v) is 7.54. The molecule has 1 aromatic heterocycles. The molecule has 0 amide bonds. The van der Waals surface area contributed by atoms with Gasteiger partial charge in [0.15, 0.2) is 29.7 Å². The third-order valence-electron chi connectivity index (χ3n) is 4.08. The molecule has 0 aromatic carbocycles. The number of nitrogens with zero attached hydrogens (tertiary/aromatic N) is 1. The minimum atomic E-state index is -0.720. The second-order valence-corrected chi connectivity index (χ2v) is 6.96. The van der Waals surface area contributed by atoms with Gasteiger partial charge in [0, 0.05) is 6.07 Å². The van der Waals surface area contributed by atoms with Crippen LogP contribution in [0.4, 0.5) is 0 Å². The van der Waals surface area contributed by atoms with Crippen LogP contribution in [0.2, 0.25) is 0 Å². The Morgan fingerprint density at radius 1 is 0.909 bits per heavy atom. The number of hydrogen-bond donors (Lipinski definition) is 0. The molecule has 0 N–H and O–H groups in total. The van der Waals surface area contributed by atoms with E-state index >= 15 is 0 Å². The molecule has 3 fully saturated rings. The number of aryl methyl sites for hydroxylation is 1. The Kier molecular flexibility index (Phi) is 3.00. The highest BCUT2D eigenvalue weighted by Crippen LogP contribution is 2.48. The van der Waals surface area contributed by atoms with Crippen molar-refractivity contribution < 1.29 is 28.2 Å². The first kappa shape index (κ1) is 14.6. The van der Waals surface area contributed by atoms with Gasteiger partial charge in [0.1, 0.15) is 18.3 Å². The Hall–Kier alpha value is -0.990. The third kappa shape index (κ3) is 2.28. The lowest BCUT2D eigenvalue weighted by Crippen LogP contribution is -2.51. The Bertz CT molecular complexity index is 582. The van der Waals surface area contributed by atoms with Gasteiger partial charge in [-0.3, -0.25) is 0 Å². The van der Waals surface area contributed by atoms with Crippen molar-refractivity contribution in [3.8, 4) is 0 Å². The standard InChI is InChI=1S/C15H21NO6/c1-7-6-8(22-16-7)9-10-11(19-14(2,3)18-10)12-13(17-9)21-15(4,5)20-12/h6,9-13H,1-5H3/t9-,10+,11+,12-,13-/m1/s1. The first-order valence-electron chi connectivity index (χ1n) is 7.54. The fourth-order valence-electron chi connectivity index (χ4n) is 3.36.